The van der Waals surface area contributed by atoms with E-state index in [1.807, 2.05) is 18.7 Å². The fourth-order valence-electron chi connectivity index (χ4n) is 3.47. The Balaban J connectivity index is 1.74. The van der Waals surface area contributed by atoms with Gasteiger partial charge in [0.2, 0.25) is 11.8 Å². The van der Waals surface area contributed by atoms with E-state index < -0.39 is 0 Å². The summed E-state index contributed by atoms with van der Waals surface area (Å²) >= 11 is 0. The monoisotopic (exact) mass is 402 g/mol. The molecule has 1 aromatic rings. The van der Waals surface area contributed by atoms with Crippen molar-refractivity contribution in [3.05, 3.63) is 24.3 Å². The number of hydrogen-bond acceptors (Lipinski definition) is 3. The lowest BCUT2D eigenvalue weighted by Crippen LogP contribution is -2.35. The van der Waals surface area contributed by atoms with Crippen LogP contribution in [0, 0.1) is 0 Å². The molecule has 2 N–H and O–H groups in total. The number of amides is 4. The van der Waals surface area contributed by atoms with E-state index in [1.165, 1.54) is 12.8 Å². The van der Waals surface area contributed by atoms with Crippen LogP contribution in [-0.2, 0) is 9.59 Å². The second kappa shape index (κ2) is 12.1. The Hall–Kier alpha value is -2.57. The van der Waals surface area contributed by atoms with E-state index in [2.05, 4.69) is 10.6 Å². The number of benzene rings is 1. The molecule has 0 saturated carbocycles. The maximum atomic E-state index is 12.4. The average molecular weight is 403 g/mol. The summed E-state index contributed by atoms with van der Waals surface area (Å²) in [5.74, 6) is -0.0222. The molecule has 160 valence electrons. The first-order valence-corrected chi connectivity index (χ1v) is 10.8. The van der Waals surface area contributed by atoms with E-state index in [1.54, 1.807) is 29.2 Å². The van der Waals surface area contributed by atoms with Crippen molar-refractivity contribution in [1.82, 2.24) is 9.80 Å². The molecular formula is C22H34N4O3. The van der Waals surface area contributed by atoms with Crippen molar-refractivity contribution in [3.8, 4) is 0 Å². The summed E-state index contributed by atoms with van der Waals surface area (Å²) < 4.78 is 0. The second-order valence-electron chi connectivity index (χ2n) is 7.38. The van der Waals surface area contributed by atoms with Crippen LogP contribution in [0.5, 0.6) is 0 Å². The van der Waals surface area contributed by atoms with Gasteiger partial charge in [0, 0.05) is 50.4 Å². The van der Waals surface area contributed by atoms with Gasteiger partial charge in [0.15, 0.2) is 0 Å². The van der Waals surface area contributed by atoms with Gasteiger partial charge in [-0.1, -0.05) is 12.8 Å². The van der Waals surface area contributed by atoms with E-state index >= 15 is 0 Å². The molecular weight excluding hydrogens is 368 g/mol. The normalized spacial score (nSPS) is 14.1. The number of carbonyl (C=O) groups excluding carboxylic acids is 3. The zero-order chi connectivity index (χ0) is 21.1. The third-order valence-corrected chi connectivity index (χ3v) is 5.22. The molecule has 0 aromatic heterocycles. The number of anilines is 2. The molecule has 1 aliphatic heterocycles. The van der Waals surface area contributed by atoms with Gasteiger partial charge in [0.25, 0.3) is 0 Å². The summed E-state index contributed by atoms with van der Waals surface area (Å²) in [7, 11) is 0. The molecule has 1 fully saturated rings. The standard InChI is InChI=1S/C22H34N4O3/c1-3-25(4-2)21(28)11-9-10-20(27)23-18-12-14-19(15-13-18)24-22(29)26-16-7-5-6-8-17-26/h12-15H,3-11,16-17H2,1-2H3,(H,23,27)(H,24,29). The summed E-state index contributed by atoms with van der Waals surface area (Å²) in [6.07, 6.45) is 5.70. The molecule has 4 amide bonds. The SMILES string of the molecule is CCN(CC)C(=O)CCCC(=O)Nc1ccc(NC(=O)N2CCCCCC2)cc1. The fraction of sp³-hybridized carbons (Fsp3) is 0.591. The Morgan fingerprint density at radius 3 is 1.97 bits per heavy atom. The first-order valence-electron chi connectivity index (χ1n) is 10.8. The Morgan fingerprint density at radius 1 is 0.862 bits per heavy atom. The Bertz CT molecular complexity index is 663. The third kappa shape index (κ3) is 7.75. The number of carbonyl (C=O) groups is 3. The lowest BCUT2D eigenvalue weighted by molar-refractivity contribution is -0.131. The number of urea groups is 1. The smallest absolute Gasteiger partial charge is 0.321 e. The molecule has 0 aliphatic carbocycles. The van der Waals surface area contributed by atoms with Crippen LogP contribution in [0.3, 0.4) is 0 Å². The predicted molar refractivity (Wildman–Crippen MR) is 116 cm³/mol. The highest BCUT2D eigenvalue weighted by molar-refractivity contribution is 5.92. The van der Waals surface area contributed by atoms with Crippen molar-refractivity contribution < 1.29 is 14.4 Å². The second-order valence-corrected chi connectivity index (χ2v) is 7.38. The topological polar surface area (TPSA) is 81.8 Å². The molecule has 7 nitrogen and oxygen atoms in total. The minimum atomic E-state index is -0.112. The van der Waals surface area contributed by atoms with E-state index in [0.29, 0.717) is 43.7 Å². The van der Waals surface area contributed by atoms with Crippen molar-refractivity contribution in [2.24, 2.45) is 0 Å². The van der Waals surface area contributed by atoms with Crippen molar-refractivity contribution in [1.29, 1.82) is 0 Å². The van der Waals surface area contributed by atoms with E-state index in [0.717, 1.165) is 25.9 Å². The van der Waals surface area contributed by atoms with Crippen molar-refractivity contribution in [2.75, 3.05) is 36.8 Å². The first-order chi connectivity index (χ1) is 14.0. The van der Waals surface area contributed by atoms with Crippen LogP contribution in [0.1, 0.15) is 58.8 Å². The van der Waals surface area contributed by atoms with Gasteiger partial charge in [-0.2, -0.15) is 0 Å². The quantitative estimate of drug-likeness (QED) is 0.688. The number of hydrogen-bond donors (Lipinski definition) is 2. The van der Waals surface area contributed by atoms with Gasteiger partial charge in [0.05, 0.1) is 0 Å². The average Bonchev–Trinajstić information content (AvgIpc) is 3.00. The summed E-state index contributed by atoms with van der Waals surface area (Å²) in [6, 6.07) is 7.06. The third-order valence-electron chi connectivity index (χ3n) is 5.22. The van der Waals surface area contributed by atoms with Crippen LogP contribution in [0.4, 0.5) is 16.2 Å². The highest BCUT2D eigenvalue weighted by Crippen LogP contribution is 2.16. The largest absolute Gasteiger partial charge is 0.343 e. The zero-order valence-corrected chi connectivity index (χ0v) is 17.7. The molecule has 7 heteroatoms. The molecule has 0 spiro atoms. The Labute approximate surface area is 173 Å². The number of likely N-dealkylation sites (tertiary alicyclic amines) is 1. The zero-order valence-electron chi connectivity index (χ0n) is 17.7. The van der Waals surface area contributed by atoms with Crippen molar-refractivity contribution in [3.63, 3.8) is 0 Å². The maximum Gasteiger partial charge on any atom is 0.321 e. The van der Waals surface area contributed by atoms with E-state index in [-0.39, 0.29) is 17.8 Å². The van der Waals surface area contributed by atoms with Gasteiger partial charge < -0.3 is 20.4 Å². The van der Waals surface area contributed by atoms with Crippen LogP contribution in [0.2, 0.25) is 0 Å². The number of nitrogens with zero attached hydrogens (tertiary/aromatic N) is 2. The molecule has 29 heavy (non-hydrogen) atoms. The van der Waals surface area contributed by atoms with Gasteiger partial charge in [-0.05, 0) is 57.4 Å². The molecule has 1 aromatic carbocycles. The highest BCUT2D eigenvalue weighted by atomic mass is 16.2. The van der Waals surface area contributed by atoms with Gasteiger partial charge in [-0.15, -0.1) is 0 Å². The van der Waals surface area contributed by atoms with Crippen LogP contribution >= 0.6 is 0 Å². The lowest BCUT2D eigenvalue weighted by atomic mass is 10.2. The van der Waals surface area contributed by atoms with Crippen molar-refractivity contribution >= 4 is 29.2 Å². The first kappa shape index (κ1) is 22.7. The fourth-order valence-corrected chi connectivity index (χ4v) is 3.47. The van der Waals surface area contributed by atoms with E-state index in [4.69, 9.17) is 0 Å². The molecule has 1 saturated heterocycles. The molecule has 0 bridgehead atoms. The maximum absolute atomic E-state index is 12.4. The minimum Gasteiger partial charge on any atom is -0.343 e. The van der Waals surface area contributed by atoms with Gasteiger partial charge in [0.1, 0.15) is 0 Å². The number of rotatable bonds is 8. The van der Waals surface area contributed by atoms with E-state index in [9.17, 15) is 14.4 Å². The summed E-state index contributed by atoms with van der Waals surface area (Å²) in [5, 5.41) is 5.76. The summed E-state index contributed by atoms with van der Waals surface area (Å²) in [5.41, 5.74) is 1.39. The van der Waals surface area contributed by atoms with Gasteiger partial charge in [-0.3, -0.25) is 9.59 Å². The van der Waals surface area contributed by atoms with Crippen LogP contribution < -0.4 is 10.6 Å². The predicted octanol–water partition coefficient (Wildman–Crippen LogP) is 4.07. The lowest BCUT2D eigenvalue weighted by Gasteiger charge is -2.20. The Morgan fingerprint density at radius 2 is 1.41 bits per heavy atom. The van der Waals surface area contributed by atoms with Crippen LogP contribution in [0.15, 0.2) is 24.3 Å². The van der Waals surface area contributed by atoms with Gasteiger partial charge >= 0.3 is 6.03 Å². The molecule has 0 unspecified atom stereocenters. The highest BCUT2D eigenvalue weighted by Gasteiger charge is 2.15. The number of nitrogens with one attached hydrogen (secondary N) is 2. The summed E-state index contributed by atoms with van der Waals surface area (Å²) in [4.78, 5) is 40.1. The summed E-state index contributed by atoms with van der Waals surface area (Å²) in [6.45, 7) is 6.90. The molecule has 1 aliphatic rings. The minimum absolute atomic E-state index is 0.0680. The molecule has 1 heterocycles. The molecule has 0 radical (unpaired) electrons. The van der Waals surface area contributed by atoms with Crippen molar-refractivity contribution in [2.45, 2.75) is 58.8 Å². The molecule has 0 atom stereocenters. The van der Waals surface area contributed by atoms with Gasteiger partial charge in [-0.25, -0.2) is 4.79 Å². The van der Waals surface area contributed by atoms with Crippen LogP contribution in [0.25, 0.3) is 0 Å². The molecule has 2 rings (SSSR count). The Kier molecular flexibility index (Phi) is 9.47. The van der Waals surface area contributed by atoms with Crippen LogP contribution in [-0.4, -0.2) is 53.8 Å².